The van der Waals surface area contributed by atoms with Crippen molar-refractivity contribution in [2.75, 3.05) is 26.2 Å². The van der Waals surface area contributed by atoms with Crippen LogP contribution in [0.25, 0.3) is 0 Å². The molecular weight excluding hydrogens is 372 g/mol. The summed E-state index contributed by atoms with van der Waals surface area (Å²) in [6, 6.07) is 4.17. The van der Waals surface area contributed by atoms with Crippen LogP contribution in [0, 0.1) is 0 Å². The smallest absolute Gasteiger partial charge is 0.314 e. The molecule has 1 aliphatic heterocycles. The summed E-state index contributed by atoms with van der Waals surface area (Å²) in [5.74, 6) is 0. The van der Waals surface area contributed by atoms with Crippen LogP contribution in [0.15, 0.2) is 30.9 Å². The maximum absolute atomic E-state index is 13.2. The van der Waals surface area contributed by atoms with Gasteiger partial charge in [0, 0.05) is 32.2 Å². The van der Waals surface area contributed by atoms with Gasteiger partial charge in [0.15, 0.2) is 0 Å². The van der Waals surface area contributed by atoms with Crippen molar-refractivity contribution in [1.29, 1.82) is 0 Å². The number of benzene rings is 1. The van der Waals surface area contributed by atoms with Crippen molar-refractivity contribution in [3.8, 4) is 0 Å². The van der Waals surface area contributed by atoms with Gasteiger partial charge >= 0.3 is 6.18 Å². The number of nitrogens with one attached hydrogen (secondary N) is 1. The Morgan fingerprint density at radius 2 is 1.92 bits per heavy atom. The number of halogens is 5. The van der Waals surface area contributed by atoms with Gasteiger partial charge in [-0.1, -0.05) is 36.2 Å². The van der Waals surface area contributed by atoms with E-state index in [0.717, 1.165) is 57.9 Å². The molecular formula is C18H25Cl2F3N2. The minimum Gasteiger partial charge on any atom is -0.314 e. The van der Waals surface area contributed by atoms with E-state index in [-0.39, 0.29) is 23.5 Å². The highest BCUT2D eigenvalue weighted by Crippen LogP contribution is 2.40. The average Bonchev–Trinajstić information content (AvgIpc) is 2.55. The highest BCUT2D eigenvalue weighted by Gasteiger charge is 2.35. The van der Waals surface area contributed by atoms with Crippen LogP contribution in [0.3, 0.4) is 0 Å². The number of alkyl halides is 3. The molecule has 2 rings (SSSR count). The van der Waals surface area contributed by atoms with Crippen molar-refractivity contribution in [1.82, 2.24) is 10.2 Å². The second kappa shape index (κ2) is 10.4. The predicted octanol–water partition coefficient (Wildman–Crippen LogP) is 5.47. The molecule has 1 heterocycles. The SMILES string of the molecule is C=CCCCC[C@H](c1cccc(C(F)(F)F)c1Cl)N1CCNCC1.Cl. The summed E-state index contributed by atoms with van der Waals surface area (Å²) in [6.07, 6.45) is 1.09. The van der Waals surface area contributed by atoms with Crippen LogP contribution in [-0.2, 0) is 6.18 Å². The Morgan fingerprint density at radius 1 is 1.24 bits per heavy atom. The number of allylic oxidation sites excluding steroid dienone is 1. The Bertz CT molecular complexity index is 544. The molecule has 1 fully saturated rings. The molecule has 1 N–H and O–H groups in total. The van der Waals surface area contributed by atoms with Gasteiger partial charge in [-0.25, -0.2) is 0 Å². The maximum Gasteiger partial charge on any atom is 0.417 e. The Kier molecular flexibility index (Phi) is 9.28. The van der Waals surface area contributed by atoms with E-state index in [1.165, 1.54) is 6.07 Å². The molecule has 1 aromatic carbocycles. The van der Waals surface area contributed by atoms with Gasteiger partial charge in [-0.3, -0.25) is 4.90 Å². The first kappa shape index (κ1) is 22.3. The molecule has 1 atom stereocenters. The van der Waals surface area contributed by atoms with E-state index in [4.69, 9.17) is 11.6 Å². The third kappa shape index (κ3) is 6.17. The summed E-state index contributed by atoms with van der Waals surface area (Å²) < 4.78 is 39.5. The first-order valence-electron chi connectivity index (χ1n) is 8.36. The standard InChI is InChI=1S/C18H24ClF3N2.ClH/c1-2-3-4-5-9-16(24-12-10-23-11-13-24)14-7-6-8-15(17(14)19)18(20,21)22;/h2,6-8,16,23H,1,3-5,9-13H2;1H/t16-;/m1./s1. The number of hydrogen-bond donors (Lipinski definition) is 1. The topological polar surface area (TPSA) is 15.3 Å². The zero-order valence-corrected chi connectivity index (χ0v) is 15.7. The quantitative estimate of drug-likeness (QED) is 0.485. The monoisotopic (exact) mass is 396 g/mol. The minimum atomic E-state index is -4.43. The van der Waals surface area contributed by atoms with Crippen LogP contribution in [-0.4, -0.2) is 31.1 Å². The van der Waals surface area contributed by atoms with E-state index in [9.17, 15) is 13.2 Å². The Balaban J connectivity index is 0.00000312. The van der Waals surface area contributed by atoms with Gasteiger partial charge < -0.3 is 5.32 Å². The predicted molar refractivity (Wildman–Crippen MR) is 99.6 cm³/mol. The van der Waals surface area contributed by atoms with Crippen molar-refractivity contribution in [2.24, 2.45) is 0 Å². The highest BCUT2D eigenvalue weighted by atomic mass is 35.5. The van der Waals surface area contributed by atoms with Crippen molar-refractivity contribution < 1.29 is 13.2 Å². The summed E-state index contributed by atoms with van der Waals surface area (Å²) in [7, 11) is 0. The van der Waals surface area contributed by atoms with Crippen molar-refractivity contribution in [3.05, 3.63) is 47.0 Å². The largest absolute Gasteiger partial charge is 0.417 e. The van der Waals surface area contributed by atoms with Crippen LogP contribution >= 0.6 is 24.0 Å². The van der Waals surface area contributed by atoms with E-state index in [0.29, 0.717) is 5.56 Å². The molecule has 0 saturated carbocycles. The third-order valence-corrected chi connectivity index (χ3v) is 4.84. The molecule has 1 aliphatic rings. The van der Waals surface area contributed by atoms with Crippen molar-refractivity contribution >= 4 is 24.0 Å². The van der Waals surface area contributed by atoms with Gasteiger partial charge in [0.1, 0.15) is 0 Å². The summed E-state index contributed by atoms with van der Waals surface area (Å²) in [5.41, 5.74) is -0.153. The number of hydrogen-bond acceptors (Lipinski definition) is 2. The van der Waals surface area contributed by atoms with Gasteiger partial charge in [0.25, 0.3) is 0 Å². The lowest BCUT2D eigenvalue weighted by molar-refractivity contribution is -0.137. The molecule has 0 aliphatic carbocycles. The summed E-state index contributed by atoms with van der Waals surface area (Å²) in [4.78, 5) is 2.24. The lowest BCUT2D eigenvalue weighted by atomic mass is 9.96. The molecule has 0 aromatic heterocycles. The molecule has 1 aromatic rings. The van der Waals surface area contributed by atoms with Crippen LogP contribution in [0.5, 0.6) is 0 Å². The lowest BCUT2D eigenvalue weighted by Crippen LogP contribution is -2.45. The zero-order chi connectivity index (χ0) is 17.6. The fraction of sp³-hybridized carbons (Fsp3) is 0.556. The molecule has 142 valence electrons. The van der Waals surface area contributed by atoms with E-state index in [1.807, 2.05) is 6.08 Å². The van der Waals surface area contributed by atoms with Crippen LogP contribution < -0.4 is 5.32 Å². The third-order valence-electron chi connectivity index (χ3n) is 4.42. The molecule has 0 radical (unpaired) electrons. The molecule has 0 bridgehead atoms. The summed E-state index contributed by atoms with van der Waals surface area (Å²) in [6.45, 7) is 7.04. The van der Waals surface area contributed by atoms with Crippen LogP contribution in [0.4, 0.5) is 13.2 Å². The molecule has 0 spiro atoms. The van der Waals surface area contributed by atoms with Gasteiger partial charge in [-0.05, 0) is 30.9 Å². The van der Waals surface area contributed by atoms with E-state index < -0.39 is 11.7 Å². The Labute approximate surface area is 158 Å². The summed E-state index contributed by atoms with van der Waals surface area (Å²) >= 11 is 6.17. The minimum absolute atomic E-state index is 0. The van der Waals surface area contributed by atoms with Gasteiger partial charge in [0.05, 0.1) is 10.6 Å². The maximum atomic E-state index is 13.2. The zero-order valence-electron chi connectivity index (χ0n) is 14.1. The second-order valence-corrected chi connectivity index (χ2v) is 6.46. The number of nitrogens with zero attached hydrogens (tertiary/aromatic N) is 1. The molecule has 25 heavy (non-hydrogen) atoms. The Hall–Kier alpha value is -0.750. The van der Waals surface area contributed by atoms with Gasteiger partial charge in [-0.15, -0.1) is 19.0 Å². The van der Waals surface area contributed by atoms with Gasteiger partial charge in [0.2, 0.25) is 0 Å². The first-order chi connectivity index (χ1) is 11.4. The molecule has 1 saturated heterocycles. The number of unbranched alkanes of at least 4 members (excludes halogenated alkanes) is 2. The van der Waals surface area contributed by atoms with Crippen molar-refractivity contribution in [3.63, 3.8) is 0 Å². The van der Waals surface area contributed by atoms with E-state index in [2.05, 4.69) is 16.8 Å². The fourth-order valence-corrected chi connectivity index (χ4v) is 3.54. The van der Waals surface area contributed by atoms with E-state index in [1.54, 1.807) is 6.07 Å². The number of piperazine rings is 1. The lowest BCUT2D eigenvalue weighted by Gasteiger charge is -2.36. The van der Waals surface area contributed by atoms with Crippen LogP contribution in [0.2, 0.25) is 5.02 Å². The highest BCUT2D eigenvalue weighted by molar-refractivity contribution is 6.32. The first-order valence-corrected chi connectivity index (χ1v) is 8.74. The summed E-state index contributed by atoms with van der Waals surface area (Å²) in [5, 5.41) is 3.12. The van der Waals surface area contributed by atoms with E-state index >= 15 is 0 Å². The van der Waals surface area contributed by atoms with Crippen LogP contribution in [0.1, 0.15) is 42.9 Å². The average molecular weight is 397 g/mol. The molecule has 0 amide bonds. The normalized spacial score (nSPS) is 17.0. The molecule has 2 nitrogen and oxygen atoms in total. The molecule has 7 heteroatoms. The number of rotatable bonds is 7. The van der Waals surface area contributed by atoms with Gasteiger partial charge in [-0.2, -0.15) is 13.2 Å². The van der Waals surface area contributed by atoms with Crippen molar-refractivity contribution in [2.45, 2.75) is 37.9 Å². The molecule has 0 unspecified atom stereocenters. The second-order valence-electron chi connectivity index (χ2n) is 6.08. The Morgan fingerprint density at radius 3 is 2.52 bits per heavy atom. The fourth-order valence-electron chi connectivity index (χ4n) is 3.18.